The number of nitrogens with zero attached hydrogens (tertiary/aromatic N) is 2. The summed E-state index contributed by atoms with van der Waals surface area (Å²) in [6.07, 6.45) is 1.91. The van der Waals surface area contributed by atoms with E-state index in [0.29, 0.717) is 47.3 Å². The van der Waals surface area contributed by atoms with Crippen LogP contribution >= 0.6 is 0 Å². The van der Waals surface area contributed by atoms with Crippen LogP contribution in [0.4, 0.5) is 10.1 Å². The summed E-state index contributed by atoms with van der Waals surface area (Å²) < 4.78 is 19.0. The molecule has 2 aromatic carbocycles. The predicted octanol–water partition coefficient (Wildman–Crippen LogP) is 4.16. The quantitative estimate of drug-likeness (QED) is 0.713. The van der Waals surface area contributed by atoms with Crippen LogP contribution in [0.2, 0.25) is 0 Å². The number of imide groups is 1. The normalized spacial score (nSPS) is 17.9. The van der Waals surface area contributed by atoms with Crippen molar-refractivity contribution in [3.05, 3.63) is 65.1 Å². The summed E-state index contributed by atoms with van der Waals surface area (Å²) >= 11 is 0. The first kappa shape index (κ1) is 20.1. The number of likely N-dealkylation sites (tertiary alicyclic amines) is 1. The van der Waals surface area contributed by atoms with Gasteiger partial charge in [-0.15, -0.1) is 0 Å². The lowest BCUT2D eigenvalue weighted by Crippen LogP contribution is -2.38. The Hall–Kier alpha value is -3.15. The number of rotatable bonds is 4. The molecule has 1 saturated heterocycles. The lowest BCUT2D eigenvalue weighted by atomic mass is 9.97. The van der Waals surface area contributed by atoms with E-state index in [2.05, 4.69) is 6.92 Å². The first-order chi connectivity index (χ1) is 14.4. The molecule has 0 bridgehead atoms. The summed E-state index contributed by atoms with van der Waals surface area (Å²) in [7, 11) is 1.51. The summed E-state index contributed by atoms with van der Waals surface area (Å²) in [5.41, 5.74) is 2.58. The largest absolute Gasteiger partial charge is 0.495 e. The Labute approximate surface area is 175 Å². The van der Waals surface area contributed by atoms with Crippen LogP contribution in [0.15, 0.2) is 48.2 Å². The van der Waals surface area contributed by atoms with E-state index in [9.17, 15) is 14.0 Å². The maximum atomic E-state index is 13.6. The van der Waals surface area contributed by atoms with E-state index in [4.69, 9.17) is 4.74 Å². The Morgan fingerprint density at radius 2 is 1.67 bits per heavy atom. The van der Waals surface area contributed by atoms with Crippen LogP contribution in [0.5, 0.6) is 5.75 Å². The van der Waals surface area contributed by atoms with E-state index < -0.39 is 5.91 Å². The third-order valence-electron chi connectivity index (χ3n) is 5.87. The van der Waals surface area contributed by atoms with Gasteiger partial charge in [-0.25, -0.2) is 9.29 Å². The van der Waals surface area contributed by atoms with Gasteiger partial charge in [-0.05, 0) is 61.1 Å². The Morgan fingerprint density at radius 1 is 1.00 bits per heavy atom. The number of halogens is 1. The van der Waals surface area contributed by atoms with Gasteiger partial charge >= 0.3 is 0 Å². The van der Waals surface area contributed by atoms with Crippen LogP contribution in [0.1, 0.15) is 30.9 Å². The van der Waals surface area contributed by atoms with Gasteiger partial charge in [0.05, 0.1) is 18.4 Å². The molecule has 2 aliphatic heterocycles. The van der Waals surface area contributed by atoms with Crippen LogP contribution < -0.4 is 9.64 Å². The highest BCUT2D eigenvalue weighted by molar-refractivity contribution is 6.45. The number of hydrogen-bond donors (Lipinski definition) is 0. The average Bonchev–Trinajstić information content (AvgIpc) is 2.99. The maximum absolute atomic E-state index is 13.6. The van der Waals surface area contributed by atoms with E-state index in [1.807, 2.05) is 17.9 Å². The third kappa shape index (κ3) is 3.47. The number of piperidine rings is 1. The van der Waals surface area contributed by atoms with Crippen molar-refractivity contribution in [2.75, 3.05) is 25.1 Å². The number of amides is 2. The summed E-state index contributed by atoms with van der Waals surface area (Å²) in [5, 5.41) is 0. The van der Waals surface area contributed by atoms with E-state index in [0.717, 1.165) is 18.4 Å². The van der Waals surface area contributed by atoms with Crippen molar-refractivity contribution >= 4 is 23.1 Å². The summed E-state index contributed by atoms with van der Waals surface area (Å²) in [6, 6.07) is 11.1. The standard InChI is InChI=1S/C24H25FN2O3/c1-15-10-12-26(13-11-15)22-21(17-5-7-18(25)8-6-17)23(28)27(24(22)29)19-14-16(2)4-9-20(19)30-3/h4-9,14-15H,10-13H2,1-3H3. The molecular formula is C24H25FN2O3. The Morgan fingerprint density at radius 3 is 2.30 bits per heavy atom. The van der Waals surface area contributed by atoms with Gasteiger partial charge in [0.15, 0.2) is 0 Å². The number of anilines is 1. The summed E-state index contributed by atoms with van der Waals surface area (Å²) in [4.78, 5) is 30.4. The second-order valence-electron chi connectivity index (χ2n) is 8.02. The fraction of sp³-hybridized carbons (Fsp3) is 0.333. The molecule has 6 heteroatoms. The number of carbonyl (C=O) groups is 2. The highest BCUT2D eigenvalue weighted by Crippen LogP contribution is 2.40. The second kappa shape index (κ2) is 7.94. The van der Waals surface area contributed by atoms with Crippen LogP contribution in [0.25, 0.3) is 5.57 Å². The molecule has 0 spiro atoms. The Bertz CT molecular complexity index is 1020. The average molecular weight is 408 g/mol. The molecule has 2 heterocycles. The number of aryl methyl sites for hydroxylation is 1. The molecule has 2 aliphatic rings. The number of carbonyl (C=O) groups excluding carboxylic acids is 2. The minimum atomic E-state index is -0.413. The van der Waals surface area contributed by atoms with E-state index in [1.165, 1.54) is 24.1 Å². The maximum Gasteiger partial charge on any atom is 0.282 e. The van der Waals surface area contributed by atoms with Gasteiger partial charge in [-0.1, -0.05) is 25.1 Å². The number of hydrogen-bond acceptors (Lipinski definition) is 4. The van der Waals surface area contributed by atoms with Crippen molar-refractivity contribution in [1.82, 2.24) is 4.90 Å². The fourth-order valence-electron chi connectivity index (χ4n) is 4.11. The van der Waals surface area contributed by atoms with Crippen molar-refractivity contribution in [3.8, 4) is 5.75 Å². The number of methoxy groups -OCH3 is 1. The van der Waals surface area contributed by atoms with Gasteiger partial charge in [-0.2, -0.15) is 0 Å². The molecule has 30 heavy (non-hydrogen) atoms. The van der Waals surface area contributed by atoms with Crippen molar-refractivity contribution in [3.63, 3.8) is 0 Å². The predicted molar refractivity (Wildman–Crippen MR) is 114 cm³/mol. The summed E-state index contributed by atoms with van der Waals surface area (Å²) in [6.45, 7) is 5.51. The topological polar surface area (TPSA) is 49.9 Å². The lowest BCUT2D eigenvalue weighted by molar-refractivity contribution is -0.120. The minimum Gasteiger partial charge on any atom is -0.495 e. The molecule has 156 valence electrons. The number of benzene rings is 2. The zero-order valence-corrected chi connectivity index (χ0v) is 17.4. The first-order valence-corrected chi connectivity index (χ1v) is 10.2. The monoisotopic (exact) mass is 408 g/mol. The number of ether oxygens (including phenoxy) is 1. The zero-order chi connectivity index (χ0) is 21.4. The van der Waals surface area contributed by atoms with E-state index in [-0.39, 0.29) is 11.7 Å². The second-order valence-corrected chi connectivity index (χ2v) is 8.02. The minimum absolute atomic E-state index is 0.318. The van der Waals surface area contributed by atoms with Crippen molar-refractivity contribution in [2.24, 2.45) is 5.92 Å². The zero-order valence-electron chi connectivity index (χ0n) is 17.4. The molecule has 4 rings (SSSR count). The van der Waals surface area contributed by atoms with Crippen molar-refractivity contribution in [1.29, 1.82) is 0 Å². The molecule has 2 amide bonds. The lowest BCUT2D eigenvalue weighted by Gasteiger charge is -2.32. The molecule has 2 aromatic rings. The van der Waals surface area contributed by atoms with Gasteiger partial charge in [0.2, 0.25) is 0 Å². The Balaban J connectivity index is 1.84. The summed E-state index contributed by atoms with van der Waals surface area (Å²) in [5.74, 6) is -0.130. The SMILES string of the molecule is COc1ccc(C)cc1N1C(=O)C(c2ccc(F)cc2)=C(N2CCC(C)CC2)C1=O. The fourth-order valence-corrected chi connectivity index (χ4v) is 4.11. The molecule has 0 saturated carbocycles. The molecule has 1 fully saturated rings. The molecule has 0 aliphatic carbocycles. The van der Waals surface area contributed by atoms with Crippen LogP contribution in [0, 0.1) is 18.7 Å². The van der Waals surface area contributed by atoms with Crippen molar-refractivity contribution in [2.45, 2.75) is 26.7 Å². The smallest absolute Gasteiger partial charge is 0.282 e. The van der Waals surface area contributed by atoms with E-state index >= 15 is 0 Å². The molecule has 0 unspecified atom stereocenters. The molecule has 0 radical (unpaired) electrons. The highest BCUT2D eigenvalue weighted by Gasteiger charge is 2.44. The van der Waals surface area contributed by atoms with Crippen LogP contribution in [-0.2, 0) is 9.59 Å². The first-order valence-electron chi connectivity index (χ1n) is 10.2. The molecule has 0 N–H and O–H groups in total. The van der Waals surface area contributed by atoms with Crippen LogP contribution in [-0.4, -0.2) is 36.9 Å². The van der Waals surface area contributed by atoms with Gasteiger partial charge in [-0.3, -0.25) is 9.59 Å². The molecule has 0 aromatic heterocycles. The van der Waals surface area contributed by atoms with E-state index in [1.54, 1.807) is 24.3 Å². The molecule has 0 atom stereocenters. The molecular weight excluding hydrogens is 383 g/mol. The van der Waals surface area contributed by atoms with Gasteiger partial charge in [0.1, 0.15) is 17.3 Å². The van der Waals surface area contributed by atoms with Crippen LogP contribution in [0.3, 0.4) is 0 Å². The van der Waals surface area contributed by atoms with Gasteiger partial charge < -0.3 is 9.64 Å². The molecule has 5 nitrogen and oxygen atoms in total. The van der Waals surface area contributed by atoms with Crippen molar-refractivity contribution < 1.29 is 18.7 Å². The van der Waals surface area contributed by atoms with Gasteiger partial charge in [0.25, 0.3) is 11.8 Å². The third-order valence-corrected chi connectivity index (χ3v) is 5.87. The Kier molecular flexibility index (Phi) is 5.33. The highest BCUT2D eigenvalue weighted by atomic mass is 19.1. The van der Waals surface area contributed by atoms with Gasteiger partial charge in [0, 0.05) is 13.1 Å².